The van der Waals surface area contributed by atoms with Crippen molar-refractivity contribution in [2.75, 3.05) is 26.0 Å². The van der Waals surface area contributed by atoms with E-state index in [-0.39, 0.29) is 5.91 Å². The van der Waals surface area contributed by atoms with Crippen molar-refractivity contribution in [2.45, 2.75) is 13.0 Å². The Morgan fingerprint density at radius 2 is 2.00 bits per heavy atom. The maximum Gasteiger partial charge on any atom is 0.256 e. The second-order valence-corrected chi connectivity index (χ2v) is 6.85. The van der Waals surface area contributed by atoms with Gasteiger partial charge in [0.05, 0.1) is 12.7 Å². The number of thiophene rings is 1. The zero-order valence-electron chi connectivity index (χ0n) is 13.6. The normalized spacial score (nSPS) is 14.1. The highest BCUT2D eigenvalue weighted by atomic mass is 32.1. The molecule has 0 radical (unpaired) electrons. The van der Waals surface area contributed by atoms with Gasteiger partial charge < -0.3 is 20.7 Å². The van der Waals surface area contributed by atoms with Gasteiger partial charge in [0.1, 0.15) is 10.8 Å². The first-order valence-electron chi connectivity index (χ1n) is 7.58. The Morgan fingerprint density at radius 3 is 2.62 bits per heavy atom. The van der Waals surface area contributed by atoms with Crippen LogP contribution >= 0.6 is 11.3 Å². The van der Waals surface area contributed by atoms with Gasteiger partial charge >= 0.3 is 0 Å². The lowest BCUT2D eigenvalue weighted by molar-refractivity contribution is 0.1000. The monoisotopic (exact) mass is 345 g/mol. The number of nitrogens with two attached hydrogens (primary N) is 1. The van der Waals surface area contributed by atoms with Crippen molar-refractivity contribution >= 4 is 28.2 Å². The van der Waals surface area contributed by atoms with Crippen LogP contribution in [0.2, 0.25) is 0 Å². The first-order chi connectivity index (χ1) is 11.5. The molecule has 0 atom stereocenters. The smallest absolute Gasteiger partial charge is 0.256 e. The SMILES string of the molecule is COc1ccc(C(=O)Nc2sc3c(c2C(N)=O)CCN(C)C3)cc1. The number of hydrogen-bond donors (Lipinski definition) is 2. The standard InChI is InChI=1S/C17H19N3O3S/c1-20-8-7-12-13(9-20)24-17(14(12)15(18)21)19-16(22)10-3-5-11(23-2)6-4-10/h3-6H,7-9H2,1-2H3,(H2,18,21)(H,19,22). The summed E-state index contributed by atoms with van der Waals surface area (Å²) >= 11 is 1.43. The molecule has 0 spiro atoms. The lowest BCUT2D eigenvalue weighted by Gasteiger charge is -2.22. The highest BCUT2D eigenvalue weighted by Crippen LogP contribution is 2.36. The summed E-state index contributed by atoms with van der Waals surface area (Å²) in [7, 11) is 3.60. The Labute approximate surface area is 144 Å². The molecule has 1 aromatic carbocycles. The highest BCUT2D eigenvalue weighted by molar-refractivity contribution is 7.17. The van der Waals surface area contributed by atoms with Crippen molar-refractivity contribution < 1.29 is 14.3 Å². The van der Waals surface area contributed by atoms with Gasteiger partial charge in [0, 0.05) is 23.5 Å². The summed E-state index contributed by atoms with van der Waals surface area (Å²) in [5, 5.41) is 3.37. The molecule has 7 heteroatoms. The van der Waals surface area contributed by atoms with Gasteiger partial charge in [-0.3, -0.25) is 9.59 Å². The molecule has 0 aliphatic carbocycles. The number of anilines is 1. The van der Waals surface area contributed by atoms with Crippen LogP contribution in [0.5, 0.6) is 5.75 Å². The molecule has 1 aliphatic heterocycles. The van der Waals surface area contributed by atoms with Crippen LogP contribution in [0, 0.1) is 0 Å². The summed E-state index contributed by atoms with van der Waals surface area (Å²) in [6.07, 6.45) is 0.763. The summed E-state index contributed by atoms with van der Waals surface area (Å²) in [6.45, 7) is 1.63. The molecule has 0 saturated heterocycles. The average Bonchev–Trinajstić information content (AvgIpc) is 2.91. The Kier molecular flexibility index (Phi) is 4.55. The van der Waals surface area contributed by atoms with Crippen LogP contribution in [-0.4, -0.2) is 37.4 Å². The number of hydrogen-bond acceptors (Lipinski definition) is 5. The van der Waals surface area contributed by atoms with E-state index in [9.17, 15) is 9.59 Å². The van der Waals surface area contributed by atoms with E-state index < -0.39 is 5.91 Å². The molecule has 3 rings (SSSR count). The van der Waals surface area contributed by atoms with Crippen molar-refractivity contribution in [1.29, 1.82) is 0 Å². The fourth-order valence-corrected chi connectivity index (χ4v) is 4.13. The number of nitrogens with one attached hydrogen (secondary N) is 1. The van der Waals surface area contributed by atoms with Gasteiger partial charge in [0.15, 0.2) is 0 Å². The number of carbonyl (C=O) groups is 2. The average molecular weight is 345 g/mol. The van der Waals surface area contributed by atoms with E-state index >= 15 is 0 Å². The lowest BCUT2D eigenvalue weighted by atomic mass is 10.0. The molecule has 2 aromatic rings. The number of ether oxygens (including phenoxy) is 1. The molecule has 0 saturated carbocycles. The van der Waals surface area contributed by atoms with Crippen molar-refractivity contribution in [3.05, 3.63) is 45.8 Å². The van der Waals surface area contributed by atoms with Gasteiger partial charge in [0.25, 0.3) is 11.8 Å². The minimum Gasteiger partial charge on any atom is -0.497 e. The summed E-state index contributed by atoms with van der Waals surface area (Å²) < 4.78 is 5.09. The molecule has 0 bridgehead atoms. The van der Waals surface area contributed by atoms with Gasteiger partial charge in [-0.1, -0.05) is 0 Å². The predicted molar refractivity (Wildman–Crippen MR) is 93.8 cm³/mol. The molecule has 24 heavy (non-hydrogen) atoms. The molecule has 0 fully saturated rings. The number of methoxy groups -OCH3 is 1. The van der Waals surface area contributed by atoms with Gasteiger partial charge in [-0.25, -0.2) is 0 Å². The van der Waals surface area contributed by atoms with Crippen LogP contribution in [0.4, 0.5) is 5.00 Å². The van der Waals surface area contributed by atoms with Crippen LogP contribution in [0.1, 0.15) is 31.2 Å². The Morgan fingerprint density at radius 1 is 1.29 bits per heavy atom. The zero-order chi connectivity index (χ0) is 17.3. The second-order valence-electron chi connectivity index (χ2n) is 5.74. The van der Waals surface area contributed by atoms with E-state index in [2.05, 4.69) is 10.2 Å². The van der Waals surface area contributed by atoms with Crippen molar-refractivity contribution in [1.82, 2.24) is 4.90 Å². The number of carbonyl (C=O) groups excluding carboxylic acids is 2. The van der Waals surface area contributed by atoms with E-state index in [0.717, 1.165) is 30.0 Å². The van der Waals surface area contributed by atoms with Crippen LogP contribution in [-0.2, 0) is 13.0 Å². The zero-order valence-corrected chi connectivity index (χ0v) is 14.4. The molecule has 2 amide bonds. The lowest BCUT2D eigenvalue weighted by Crippen LogP contribution is -2.27. The predicted octanol–water partition coefficient (Wildman–Crippen LogP) is 2.10. The summed E-state index contributed by atoms with van der Waals surface area (Å²) in [5.74, 6) is -0.0896. The summed E-state index contributed by atoms with van der Waals surface area (Å²) in [4.78, 5) is 27.6. The molecular weight excluding hydrogens is 326 g/mol. The maximum absolute atomic E-state index is 12.5. The second kappa shape index (κ2) is 6.62. The number of benzene rings is 1. The number of nitrogens with zero attached hydrogens (tertiary/aromatic N) is 1. The molecule has 1 aliphatic rings. The number of rotatable bonds is 4. The fraction of sp³-hybridized carbons (Fsp3) is 0.294. The maximum atomic E-state index is 12.5. The van der Waals surface area contributed by atoms with E-state index in [1.807, 2.05) is 7.05 Å². The minimum absolute atomic E-state index is 0.271. The molecule has 1 aromatic heterocycles. The highest BCUT2D eigenvalue weighted by Gasteiger charge is 2.26. The molecule has 3 N–H and O–H groups in total. The fourth-order valence-electron chi connectivity index (χ4n) is 2.80. The number of fused-ring (bicyclic) bond motifs is 1. The largest absolute Gasteiger partial charge is 0.497 e. The van der Waals surface area contributed by atoms with E-state index in [1.165, 1.54) is 11.3 Å². The third-order valence-corrected chi connectivity index (χ3v) is 5.21. The van der Waals surface area contributed by atoms with Gasteiger partial charge in [0.2, 0.25) is 0 Å². The third-order valence-electron chi connectivity index (χ3n) is 4.07. The van der Waals surface area contributed by atoms with Crippen molar-refractivity contribution in [3.8, 4) is 5.75 Å². The first kappa shape index (κ1) is 16.5. The molecule has 0 unspecified atom stereocenters. The summed E-state index contributed by atoms with van der Waals surface area (Å²) in [5.41, 5.74) is 7.47. The third kappa shape index (κ3) is 3.13. The molecular formula is C17H19N3O3S. The quantitative estimate of drug-likeness (QED) is 0.889. The topological polar surface area (TPSA) is 84.7 Å². The Balaban J connectivity index is 1.88. The van der Waals surface area contributed by atoms with E-state index in [4.69, 9.17) is 10.5 Å². The Hall–Kier alpha value is -2.38. The number of primary amides is 1. The van der Waals surface area contributed by atoms with Crippen molar-refractivity contribution in [3.63, 3.8) is 0 Å². The molecule has 126 valence electrons. The summed E-state index contributed by atoms with van der Waals surface area (Å²) in [6, 6.07) is 6.80. The van der Waals surface area contributed by atoms with Gasteiger partial charge in [-0.2, -0.15) is 0 Å². The molecule has 6 nitrogen and oxygen atoms in total. The molecule has 2 heterocycles. The Bertz CT molecular complexity index is 783. The van der Waals surface area contributed by atoms with Crippen molar-refractivity contribution in [2.24, 2.45) is 5.73 Å². The van der Waals surface area contributed by atoms with Crippen LogP contribution in [0.25, 0.3) is 0 Å². The number of amides is 2. The van der Waals surface area contributed by atoms with Gasteiger partial charge in [-0.05, 0) is 43.3 Å². The van der Waals surface area contributed by atoms with Crippen LogP contribution < -0.4 is 15.8 Å². The van der Waals surface area contributed by atoms with Gasteiger partial charge in [-0.15, -0.1) is 11.3 Å². The van der Waals surface area contributed by atoms with E-state index in [0.29, 0.717) is 21.9 Å². The first-order valence-corrected chi connectivity index (χ1v) is 8.39. The van der Waals surface area contributed by atoms with Crippen LogP contribution in [0.3, 0.4) is 0 Å². The number of likely N-dealkylation sites (N-methyl/N-ethyl adjacent to an activating group) is 1. The van der Waals surface area contributed by atoms with Crippen LogP contribution in [0.15, 0.2) is 24.3 Å². The minimum atomic E-state index is -0.498. The van der Waals surface area contributed by atoms with E-state index in [1.54, 1.807) is 31.4 Å².